The van der Waals surface area contributed by atoms with Crippen molar-refractivity contribution in [2.75, 3.05) is 26.8 Å². The summed E-state index contributed by atoms with van der Waals surface area (Å²) >= 11 is 0. The third-order valence-corrected chi connectivity index (χ3v) is 3.67. The van der Waals surface area contributed by atoms with Gasteiger partial charge in [0.25, 0.3) is 0 Å². The fraction of sp³-hybridized carbons (Fsp3) is 0.600. The minimum Gasteiger partial charge on any atom is -0.384 e. The quantitative estimate of drug-likeness (QED) is 0.839. The van der Waals surface area contributed by atoms with E-state index in [9.17, 15) is 13.2 Å². The highest BCUT2D eigenvalue weighted by Gasteiger charge is 2.30. The van der Waals surface area contributed by atoms with E-state index in [0.717, 1.165) is 44.2 Å². The molecule has 0 unspecified atom stereocenters. The Hall–Kier alpha value is -1.07. The first-order chi connectivity index (χ1) is 9.49. The summed E-state index contributed by atoms with van der Waals surface area (Å²) in [6.45, 7) is 3.13. The summed E-state index contributed by atoms with van der Waals surface area (Å²) in [5.41, 5.74) is 0.151. The second-order valence-corrected chi connectivity index (χ2v) is 5.40. The molecule has 1 fully saturated rings. The maximum atomic E-state index is 12.7. The normalized spacial score (nSPS) is 21.1. The molecule has 112 valence electrons. The summed E-state index contributed by atoms with van der Waals surface area (Å²) < 4.78 is 43.2. The second-order valence-electron chi connectivity index (χ2n) is 5.40. The van der Waals surface area contributed by atoms with Gasteiger partial charge in [-0.2, -0.15) is 13.2 Å². The third kappa shape index (κ3) is 4.21. The molecular weight excluding hydrogens is 267 g/mol. The Bertz CT molecular complexity index is 431. The number of likely N-dealkylation sites (tertiary alicyclic amines) is 1. The SMILES string of the molecule is COC[C@@H]1CCCN(Cc2cccc(C(F)(F)F)c2)C1. The van der Waals surface area contributed by atoms with E-state index in [1.165, 1.54) is 12.1 Å². The zero-order chi connectivity index (χ0) is 14.6. The van der Waals surface area contributed by atoms with Crippen LogP contribution in [0.15, 0.2) is 24.3 Å². The Morgan fingerprint density at radius 1 is 1.35 bits per heavy atom. The summed E-state index contributed by atoms with van der Waals surface area (Å²) in [6.07, 6.45) is -2.06. The molecule has 1 aliphatic heterocycles. The Balaban J connectivity index is 1.99. The summed E-state index contributed by atoms with van der Waals surface area (Å²) in [7, 11) is 1.69. The molecule has 2 nitrogen and oxygen atoms in total. The standard InChI is InChI=1S/C15H20F3NO/c1-20-11-13-5-3-7-19(10-13)9-12-4-2-6-14(8-12)15(16,17)18/h2,4,6,8,13H,3,5,7,9-11H2,1H3/t13-/m1/s1. The number of halogens is 3. The highest BCUT2D eigenvalue weighted by atomic mass is 19.4. The number of methoxy groups -OCH3 is 1. The average molecular weight is 287 g/mol. The van der Waals surface area contributed by atoms with Crippen molar-refractivity contribution in [1.82, 2.24) is 4.90 Å². The fourth-order valence-electron chi connectivity index (χ4n) is 2.77. The highest BCUT2D eigenvalue weighted by molar-refractivity contribution is 5.25. The molecule has 20 heavy (non-hydrogen) atoms. The first-order valence-electron chi connectivity index (χ1n) is 6.86. The molecule has 0 aliphatic carbocycles. The van der Waals surface area contributed by atoms with E-state index in [-0.39, 0.29) is 0 Å². The maximum absolute atomic E-state index is 12.7. The number of rotatable bonds is 4. The van der Waals surface area contributed by atoms with Crippen molar-refractivity contribution in [3.8, 4) is 0 Å². The topological polar surface area (TPSA) is 12.5 Å². The van der Waals surface area contributed by atoms with Gasteiger partial charge < -0.3 is 4.74 Å². The van der Waals surface area contributed by atoms with E-state index >= 15 is 0 Å². The lowest BCUT2D eigenvalue weighted by atomic mass is 9.98. The number of alkyl halides is 3. The number of benzene rings is 1. The molecule has 1 aliphatic rings. The molecule has 1 aromatic carbocycles. The molecule has 1 atom stereocenters. The van der Waals surface area contributed by atoms with Gasteiger partial charge in [0.1, 0.15) is 0 Å². The predicted molar refractivity (Wildman–Crippen MR) is 71.3 cm³/mol. The van der Waals surface area contributed by atoms with Gasteiger partial charge >= 0.3 is 6.18 Å². The van der Waals surface area contributed by atoms with Crippen LogP contribution in [0.25, 0.3) is 0 Å². The molecule has 1 heterocycles. The average Bonchev–Trinajstić information content (AvgIpc) is 2.39. The Morgan fingerprint density at radius 2 is 2.15 bits per heavy atom. The first kappa shape index (κ1) is 15.3. The van der Waals surface area contributed by atoms with Crippen LogP contribution in [0.2, 0.25) is 0 Å². The van der Waals surface area contributed by atoms with Crippen LogP contribution in [0.4, 0.5) is 13.2 Å². The van der Waals surface area contributed by atoms with Crippen molar-refractivity contribution in [3.63, 3.8) is 0 Å². The molecule has 2 rings (SSSR count). The molecule has 0 amide bonds. The van der Waals surface area contributed by atoms with Crippen LogP contribution < -0.4 is 0 Å². The summed E-state index contributed by atoms with van der Waals surface area (Å²) in [5, 5.41) is 0. The summed E-state index contributed by atoms with van der Waals surface area (Å²) in [5.74, 6) is 0.486. The van der Waals surface area contributed by atoms with Gasteiger partial charge in [-0.15, -0.1) is 0 Å². The minimum atomic E-state index is -4.27. The lowest BCUT2D eigenvalue weighted by Crippen LogP contribution is -2.36. The van der Waals surface area contributed by atoms with E-state index in [1.54, 1.807) is 13.2 Å². The molecule has 0 spiro atoms. The lowest BCUT2D eigenvalue weighted by Gasteiger charge is -2.32. The van der Waals surface area contributed by atoms with Crippen LogP contribution >= 0.6 is 0 Å². The minimum absolute atomic E-state index is 0.486. The zero-order valence-electron chi connectivity index (χ0n) is 11.6. The van der Waals surface area contributed by atoms with Crippen LogP contribution in [-0.4, -0.2) is 31.7 Å². The number of hydrogen-bond donors (Lipinski definition) is 0. The Labute approximate surface area is 117 Å². The van der Waals surface area contributed by atoms with Gasteiger partial charge in [0, 0.05) is 20.2 Å². The van der Waals surface area contributed by atoms with E-state index in [2.05, 4.69) is 4.90 Å². The van der Waals surface area contributed by atoms with E-state index in [0.29, 0.717) is 12.5 Å². The zero-order valence-corrected chi connectivity index (χ0v) is 11.6. The number of piperidine rings is 1. The van der Waals surface area contributed by atoms with E-state index < -0.39 is 11.7 Å². The van der Waals surface area contributed by atoms with Gasteiger partial charge in [-0.3, -0.25) is 4.90 Å². The second kappa shape index (κ2) is 6.59. The van der Waals surface area contributed by atoms with Crippen molar-refractivity contribution in [2.24, 2.45) is 5.92 Å². The molecule has 1 aromatic rings. The maximum Gasteiger partial charge on any atom is 0.416 e. The van der Waals surface area contributed by atoms with Crippen molar-refractivity contribution in [2.45, 2.75) is 25.6 Å². The smallest absolute Gasteiger partial charge is 0.384 e. The summed E-state index contributed by atoms with van der Waals surface area (Å²) in [4.78, 5) is 2.21. The number of ether oxygens (including phenoxy) is 1. The Kier molecular flexibility index (Phi) is 5.05. The molecule has 0 aromatic heterocycles. The van der Waals surface area contributed by atoms with Gasteiger partial charge in [0.05, 0.1) is 12.2 Å². The molecule has 0 N–H and O–H groups in total. The van der Waals surface area contributed by atoms with Crippen LogP contribution in [0, 0.1) is 5.92 Å². The summed E-state index contributed by atoms with van der Waals surface area (Å²) in [6, 6.07) is 5.61. The molecule has 1 saturated heterocycles. The van der Waals surface area contributed by atoms with Gasteiger partial charge in [-0.05, 0) is 36.9 Å². The Morgan fingerprint density at radius 3 is 2.85 bits per heavy atom. The van der Waals surface area contributed by atoms with Gasteiger partial charge in [-0.1, -0.05) is 18.2 Å². The first-order valence-corrected chi connectivity index (χ1v) is 6.86. The predicted octanol–water partition coefficient (Wildman–Crippen LogP) is 3.56. The monoisotopic (exact) mass is 287 g/mol. The van der Waals surface area contributed by atoms with Gasteiger partial charge in [0.15, 0.2) is 0 Å². The van der Waals surface area contributed by atoms with Gasteiger partial charge in [-0.25, -0.2) is 0 Å². The molecule has 0 bridgehead atoms. The van der Waals surface area contributed by atoms with Crippen LogP contribution in [0.5, 0.6) is 0 Å². The lowest BCUT2D eigenvalue weighted by molar-refractivity contribution is -0.137. The molecular formula is C15H20F3NO. The van der Waals surface area contributed by atoms with Crippen molar-refractivity contribution >= 4 is 0 Å². The van der Waals surface area contributed by atoms with E-state index in [1.807, 2.05) is 0 Å². The molecule has 0 radical (unpaired) electrons. The largest absolute Gasteiger partial charge is 0.416 e. The van der Waals surface area contributed by atoms with Crippen molar-refractivity contribution < 1.29 is 17.9 Å². The van der Waals surface area contributed by atoms with Crippen molar-refractivity contribution in [1.29, 1.82) is 0 Å². The van der Waals surface area contributed by atoms with Crippen LogP contribution in [-0.2, 0) is 17.5 Å². The van der Waals surface area contributed by atoms with E-state index in [4.69, 9.17) is 4.74 Å². The van der Waals surface area contributed by atoms with Crippen LogP contribution in [0.3, 0.4) is 0 Å². The highest BCUT2D eigenvalue weighted by Crippen LogP contribution is 2.30. The fourth-order valence-corrected chi connectivity index (χ4v) is 2.77. The van der Waals surface area contributed by atoms with Gasteiger partial charge in [0.2, 0.25) is 0 Å². The third-order valence-electron chi connectivity index (χ3n) is 3.67. The van der Waals surface area contributed by atoms with Crippen molar-refractivity contribution in [3.05, 3.63) is 35.4 Å². The number of nitrogens with zero attached hydrogens (tertiary/aromatic N) is 1. The molecule has 0 saturated carbocycles. The molecule has 5 heteroatoms. The van der Waals surface area contributed by atoms with Crippen LogP contribution in [0.1, 0.15) is 24.0 Å². The number of hydrogen-bond acceptors (Lipinski definition) is 2.